The highest BCUT2D eigenvalue weighted by Gasteiger charge is 2.18. The number of benzene rings is 1. The van der Waals surface area contributed by atoms with E-state index in [4.69, 9.17) is 17.3 Å². The number of hydrogen-bond acceptors (Lipinski definition) is 2. The van der Waals surface area contributed by atoms with E-state index in [1.54, 1.807) is 0 Å². The first kappa shape index (κ1) is 12.7. The molecule has 1 aromatic carbocycles. The van der Waals surface area contributed by atoms with Crippen LogP contribution in [0.5, 0.6) is 0 Å². The molecule has 0 atom stereocenters. The Hall–Kier alpha value is -0.730. The molecule has 1 saturated carbocycles. The van der Waals surface area contributed by atoms with Gasteiger partial charge in [-0.15, -0.1) is 0 Å². The zero-order valence-corrected chi connectivity index (χ0v) is 11.1. The molecule has 1 aliphatic carbocycles. The second-order valence-corrected chi connectivity index (χ2v) is 5.56. The SMILES string of the molecule is Cc1cc(Cl)ccc1NCC1CCC(N)CC1. The Balaban J connectivity index is 1.85. The molecular formula is C14H21ClN2. The van der Waals surface area contributed by atoms with Crippen molar-refractivity contribution in [3.63, 3.8) is 0 Å². The molecule has 0 unspecified atom stereocenters. The molecule has 0 radical (unpaired) electrons. The number of nitrogens with two attached hydrogens (primary N) is 1. The van der Waals surface area contributed by atoms with Gasteiger partial charge in [0.05, 0.1) is 0 Å². The lowest BCUT2D eigenvalue weighted by Crippen LogP contribution is -2.29. The molecule has 0 heterocycles. The largest absolute Gasteiger partial charge is 0.385 e. The third-order valence-corrected chi connectivity index (χ3v) is 3.90. The maximum atomic E-state index is 5.94. The van der Waals surface area contributed by atoms with E-state index in [9.17, 15) is 0 Å². The second kappa shape index (κ2) is 5.74. The average Bonchev–Trinajstić information content (AvgIpc) is 2.30. The number of anilines is 1. The summed E-state index contributed by atoms with van der Waals surface area (Å²) in [5.41, 5.74) is 8.32. The summed E-state index contributed by atoms with van der Waals surface area (Å²) >= 11 is 5.94. The molecule has 0 saturated heterocycles. The molecule has 2 rings (SSSR count). The van der Waals surface area contributed by atoms with Crippen molar-refractivity contribution in [1.29, 1.82) is 0 Å². The summed E-state index contributed by atoms with van der Waals surface area (Å²) in [5.74, 6) is 0.768. The van der Waals surface area contributed by atoms with Crippen LogP contribution in [-0.4, -0.2) is 12.6 Å². The quantitative estimate of drug-likeness (QED) is 0.863. The van der Waals surface area contributed by atoms with Gasteiger partial charge in [0.25, 0.3) is 0 Å². The van der Waals surface area contributed by atoms with Gasteiger partial charge in [-0.1, -0.05) is 11.6 Å². The summed E-state index contributed by atoms with van der Waals surface area (Å²) in [6.07, 6.45) is 4.85. The van der Waals surface area contributed by atoms with Gasteiger partial charge in [-0.05, 0) is 62.3 Å². The fraction of sp³-hybridized carbons (Fsp3) is 0.571. The van der Waals surface area contributed by atoms with E-state index in [2.05, 4.69) is 18.3 Å². The Morgan fingerprint density at radius 3 is 2.65 bits per heavy atom. The smallest absolute Gasteiger partial charge is 0.0410 e. The number of nitrogens with one attached hydrogen (secondary N) is 1. The third-order valence-electron chi connectivity index (χ3n) is 3.66. The molecule has 0 aromatic heterocycles. The zero-order chi connectivity index (χ0) is 12.3. The van der Waals surface area contributed by atoms with Gasteiger partial charge in [-0.25, -0.2) is 0 Å². The Morgan fingerprint density at radius 2 is 2.00 bits per heavy atom. The molecule has 3 heteroatoms. The van der Waals surface area contributed by atoms with Crippen molar-refractivity contribution in [2.75, 3.05) is 11.9 Å². The summed E-state index contributed by atoms with van der Waals surface area (Å²) in [4.78, 5) is 0. The van der Waals surface area contributed by atoms with Crippen molar-refractivity contribution >= 4 is 17.3 Å². The molecule has 94 valence electrons. The first-order chi connectivity index (χ1) is 8.15. The lowest BCUT2D eigenvalue weighted by atomic mass is 9.86. The van der Waals surface area contributed by atoms with Crippen molar-refractivity contribution in [1.82, 2.24) is 0 Å². The highest BCUT2D eigenvalue weighted by molar-refractivity contribution is 6.30. The van der Waals surface area contributed by atoms with E-state index >= 15 is 0 Å². The van der Waals surface area contributed by atoms with Crippen LogP contribution in [0, 0.1) is 12.8 Å². The van der Waals surface area contributed by atoms with Crippen LogP contribution in [0.25, 0.3) is 0 Å². The Bertz CT molecular complexity index is 370. The standard InChI is InChI=1S/C14H21ClN2/c1-10-8-12(15)4-7-14(10)17-9-11-2-5-13(16)6-3-11/h4,7-8,11,13,17H,2-3,5-6,9,16H2,1H3. The lowest BCUT2D eigenvalue weighted by molar-refractivity contribution is 0.339. The second-order valence-electron chi connectivity index (χ2n) is 5.12. The summed E-state index contributed by atoms with van der Waals surface area (Å²) in [7, 11) is 0. The number of hydrogen-bond donors (Lipinski definition) is 2. The molecule has 0 aliphatic heterocycles. The van der Waals surface area contributed by atoms with Crippen molar-refractivity contribution in [2.24, 2.45) is 11.7 Å². The highest BCUT2D eigenvalue weighted by atomic mass is 35.5. The van der Waals surface area contributed by atoms with E-state index in [0.29, 0.717) is 6.04 Å². The molecule has 1 aromatic rings. The Kier molecular flexibility index (Phi) is 4.30. The number of aryl methyl sites for hydroxylation is 1. The molecule has 0 bridgehead atoms. The Morgan fingerprint density at radius 1 is 1.29 bits per heavy atom. The fourth-order valence-corrected chi connectivity index (χ4v) is 2.70. The fourth-order valence-electron chi connectivity index (χ4n) is 2.47. The predicted octanol–water partition coefficient (Wildman–Crippen LogP) is 3.58. The van der Waals surface area contributed by atoms with Gasteiger partial charge in [-0.2, -0.15) is 0 Å². The molecule has 0 spiro atoms. The Labute approximate surface area is 109 Å². The van der Waals surface area contributed by atoms with Crippen molar-refractivity contribution < 1.29 is 0 Å². The minimum atomic E-state index is 0.434. The summed E-state index contributed by atoms with van der Waals surface area (Å²) < 4.78 is 0. The minimum Gasteiger partial charge on any atom is -0.385 e. The van der Waals surface area contributed by atoms with E-state index in [1.807, 2.05) is 12.1 Å². The van der Waals surface area contributed by atoms with Gasteiger partial charge < -0.3 is 11.1 Å². The molecule has 3 N–H and O–H groups in total. The molecule has 17 heavy (non-hydrogen) atoms. The first-order valence-corrected chi connectivity index (χ1v) is 6.78. The maximum absolute atomic E-state index is 5.94. The van der Waals surface area contributed by atoms with Gasteiger partial charge in [0.1, 0.15) is 0 Å². The van der Waals surface area contributed by atoms with Crippen molar-refractivity contribution in [2.45, 2.75) is 38.6 Å². The van der Waals surface area contributed by atoms with Gasteiger partial charge in [0.2, 0.25) is 0 Å². The van der Waals surface area contributed by atoms with Gasteiger partial charge in [0, 0.05) is 23.3 Å². The highest BCUT2D eigenvalue weighted by Crippen LogP contribution is 2.25. The number of rotatable bonds is 3. The lowest BCUT2D eigenvalue weighted by Gasteiger charge is -2.26. The van der Waals surface area contributed by atoms with Crippen LogP contribution < -0.4 is 11.1 Å². The molecule has 1 fully saturated rings. The monoisotopic (exact) mass is 252 g/mol. The third kappa shape index (κ3) is 3.62. The molecule has 2 nitrogen and oxygen atoms in total. The van der Waals surface area contributed by atoms with Crippen LogP contribution >= 0.6 is 11.6 Å². The summed E-state index contributed by atoms with van der Waals surface area (Å²) in [6, 6.07) is 6.43. The van der Waals surface area contributed by atoms with Crippen LogP contribution in [-0.2, 0) is 0 Å². The molecule has 0 amide bonds. The van der Waals surface area contributed by atoms with E-state index < -0.39 is 0 Å². The van der Waals surface area contributed by atoms with Crippen LogP contribution in [0.15, 0.2) is 18.2 Å². The van der Waals surface area contributed by atoms with Crippen LogP contribution in [0.2, 0.25) is 5.02 Å². The normalized spacial score (nSPS) is 24.6. The first-order valence-electron chi connectivity index (χ1n) is 6.41. The predicted molar refractivity (Wildman–Crippen MR) is 74.6 cm³/mol. The number of halogens is 1. The minimum absolute atomic E-state index is 0.434. The van der Waals surface area contributed by atoms with Gasteiger partial charge >= 0.3 is 0 Å². The van der Waals surface area contributed by atoms with E-state index in [1.165, 1.54) is 36.9 Å². The van der Waals surface area contributed by atoms with E-state index in [0.717, 1.165) is 17.5 Å². The maximum Gasteiger partial charge on any atom is 0.0410 e. The van der Waals surface area contributed by atoms with Gasteiger partial charge in [0.15, 0.2) is 0 Å². The van der Waals surface area contributed by atoms with E-state index in [-0.39, 0.29) is 0 Å². The zero-order valence-electron chi connectivity index (χ0n) is 10.4. The summed E-state index contributed by atoms with van der Waals surface area (Å²) in [5, 5.41) is 4.33. The van der Waals surface area contributed by atoms with Crippen LogP contribution in [0.3, 0.4) is 0 Å². The molecular weight excluding hydrogens is 232 g/mol. The topological polar surface area (TPSA) is 38.0 Å². The van der Waals surface area contributed by atoms with Crippen LogP contribution in [0.1, 0.15) is 31.2 Å². The van der Waals surface area contributed by atoms with Crippen molar-refractivity contribution in [3.8, 4) is 0 Å². The van der Waals surface area contributed by atoms with Gasteiger partial charge in [-0.3, -0.25) is 0 Å². The average molecular weight is 253 g/mol. The van der Waals surface area contributed by atoms with Crippen molar-refractivity contribution in [3.05, 3.63) is 28.8 Å². The van der Waals surface area contributed by atoms with Crippen LogP contribution in [0.4, 0.5) is 5.69 Å². The summed E-state index contributed by atoms with van der Waals surface area (Å²) in [6.45, 7) is 3.14. The molecule has 1 aliphatic rings.